The summed E-state index contributed by atoms with van der Waals surface area (Å²) in [5.74, 6) is 0. The maximum atomic E-state index is 5.55. The van der Waals surface area contributed by atoms with Gasteiger partial charge in [-0.25, -0.2) is 4.68 Å². The number of aromatic nitrogens is 4. The Morgan fingerprint density at radius 1 is 1.33 bits per heavy atom. The van der Waals surface area contributed by atoms with Crippen molar-refractivity contribution >= 4 is 11.8 Å². The Morgan fingerprint density at radius 3 is 2.61 bits per heavy atom. The largest absolute Gasteiger partial charge is 0.374 e. The van der Waals surface area contributed by atoms with Crippen LogP contribution in [0.3, 0.4) is 0 Å². The highest BCUT2D eigenvalue weighted by molar-refractivity contribution is 7.99. The fraction of sp³-hybridized carbons (Fsp3) is 0.417. The van der Waals surface area contributed by atoms with Crippen molar-refractivity contribution in [3.63, 3.8) is 0 Å². The average molecular weight is 264 g/mol. The summed E-state index contributed by atoms with van der Waals surface area (Å²) < 4.78 is 7.20. The first-order valence-corrected chi connectivity index (χ1v) is 6.64. The molecule has 0 spiro atoms. The SMILES string of the molecule is CCOC(C)c1ccc(Sc2nnnn2C)cc1. The molecule has 0 radical (unpaired) electrons. The van der Waals surface area contributed by atoms with E-state index in [1.807, 2.05) is 14.0 Å². The Bertz CT molecular complexity index is 497. The molecule has 1 aromatic carbocycles. The molecule has 6 heteroatoms. The molecule has 0 amide bonds. The molecule has 2 rings (SSSR count). The van der Waals surface area contributed by atoms with E-state index >= 15 is 0 Å². The van der Waals surface area contributed by atoms with E-state index in [0.717, 1.165) is 16.7 Å². The van der Waals surface area contributed by atoms with Crippen molar-refractivity contribution in [2.45, 2.75) is 30.0 Å². The molecule has 0 bridgehead atoms. The van der Waals surface area contributed by atoms with Crippen LogP contribution in [0, 0.1) is 0 Å². The van der Waals surface area contributed by atoms with Crippen LogP contribution in [0.1, 0.15) is 25.5 Å². The first-order valence-electron chi connectivity index (χ1n) is 5.82. The molecular formula is C12H16N4OS. The minimum absolute atomic E-state index is 0.130. The Labute approximate surface area is 111 Å². The van der Waals surface area contributed by atoms with Gasteiger partial charge in [0.05, 0.1) is 6.10 Å². The molecule has 1 atom stereocenters. The van der Waals surface area contributed by atoms with Gasteiger partial charge in [0.2, 0.25) is 5.16 Å². The van der Waals surface area contributed by atoms with E-state index in [2.05, 4.69) is 46.7 Å². The van der Waals surface area contributed by atoms with Gasteiger partial charge in [-0.1, -0.05) is 12.1 Å². The van der Waals surface area contributed by atoms with Crippen LogP contribution < -0.4 is 0 Å². The summed E-state index contributed by atoms with van der Waals surface area (Å²) in [5.41, 5.74) is 1.18. The van der Waals surface area contributed by atoms with Crippen molar-refractivity contribution in [1.29, 1.82) is 0 Å². The molecule has 5 nitrogen and oxygen atoms in total. The molecule has 0 saturated carbocycles. The quantitative estimate of drug-likeness (QED) is 0.830. The number of benzene rings is 1. The highest BCUT2D eigenvalue weighted by Gasteiger charge is 2.07. The standard InChI is InChI=1S/C12H16N4OS/c1-4-17-9(2)10-5-7-11(8-6-10)18-12-13-14-15-16(12)3/h5-9H,4H2,1-3H3. The van der Waals surface area contributed by atoms with Crippen molar-refractivity contribution in [3.8, 4) is 0 Å². The number of ether oxygens (including phenoxy) is 1. The molecular weight excluding hydrogens is 248 g/mol. The molecule has 0 fully saturated rings. The third-order valence-corrected chi connectivity index (χ3v) is 3.59. The zero-order chi connectivity index (χ0) is 13.0. The summed E-state index contributed by atoms with van der Waals surface area (Å²) in [4.78, 5) is 1.11. The second-order valence-electron chi connectivity index (χ2n) is 3.85. The van der Waals surface area contributed by atoms with Gasteiger partial charge in [0.1, 0.15) is 0 Å². The van der Waals surface area contributed by atoms with Crippen molar-refractivity contribution in [1.82, 2.24) is 20.2 Å². The number of aryl methyl sites for hydroxylation is 1. The topological polar surface area (TPSA) is 52.8 Å². The number of hydrogen-bond acceptors (Lipinski definition) is 5. The van der Waals surface area contributed by atoms with Crippen LogP contribution in [0.5, 0.6) is 0 Å². The summed E-state index contributed by atoms with van der Waals surface area (Å²) in [7, 11) is 1.83. The van der Waals surface area contributed by atoms with Gasteiger partial charge in [0.15, 0.2) is 0 Å². The second-order valence-corrected chi connectivity index (χ2v) is 4.89. The zero-order valence-electron chi connectivity index (χ0n) is 10.7. The van der Waals surface area contributed by atoms with Gasteiger partial charge in [-0.3, -0.25) is 0 Å². The Kier molecular flexibility index (Phi) is 4.33. The van der Waals surface area contributed by atoms with Crippen molar-refractivity contribution in [2.75, 3.05) is 6.61 Å². The monoisotopic (exact) mass is 264 g/mol. The van der Waals surface area contributed by atoms with Gasteiger partial charge in [0, 0.05) is 18.6 Å². The predicted molar refractivity (Wildman–Crippen MR) is 69.4 cm³/mol. The normalized spacial score (nSPS) is 12.6. The highest BCUT2D eigenvalue weighted by Crippen LogP contribution is 2.26. The summed E-state index contributed by atoms with van der Waals surface area (Å²) in [6, 6.07) is 8.27. The van der Waals surface area contributed by atoms with Crippen LogP contribution in [-0.4, -0.2) is 26.8 Å². The van der Waals surface area contributed by atoms with Gasteiger partial charge in [-0.2, -0.15) is 0 Å². The molecule has 1 aromatic heterocycles. The van der Waals surface area contributed by atoms with Gasteiger partial charge in [0.25, 0.3) is 0 Å². The van der Waals surface area contributed by atoms with Crippen molar-refractivity contribution in [3.05, 3.63) is 29.8 Å². The minimum Gasteiger partial charge on any atom is -0.374 e. The Hall–Kier alpha value is -1.40. The lowest BCUT2D eigenvalue weighted by Gasteiger charge is -2.12. The molecule has 0 aliphatic carbocycles. The molecule has 0 N–H and O–H groups in total. The number of rotatable bonds is 5. The maximum absolute atomic E-state index is 5.55. The molecule has 18 heavy (non-hydrogen) atoms. The summed E-state index contributed by atoms with van der Waals surface area (Å²) >= 11 is 1.54. The second kappa shape index (κ2) is 5.97. The first kappa shape index (κ1) is 13.0. The van der Waals surface area contributed by atoms with E-state index < -0.39 is 0 Å². The number of nitrogens with zero attached hydrogens (tertiary/aromatic N) is 4. The third kappa shape index (κ3) is 3.08. The van der Waals surface area contributed by atoms with Gasteiger partial charge in [-0.15, -0.1) is 5.10 Å². The zero-order valence-corrected chi connectivity index (χ0v) is 11.5. The van der Waals surface area contributed by atoms with Gasteiger partial charge < -0.3 is 4.74 Å². The lowest BCUT2D eigenvalue weighted by molar-refractivity contribution is 0.0764. The van der Waals surface area contributed by atoms with Crippen LogP contribution in [-0.2, 0) is 11.8 Å². The number of hydrogen-bond donors (Lipinski definition) is 0. The summed E-state index contributed by atoms with van der Waals surface area (Å²) in [5, 5.41) is 12.1. The highest BCUT2D eigenvalue weighted by atomic mass is 32.2. The van der Waals surface area contributed by atoms with Crippen LogP contribution in [0.15, 0.2) is 34.3 Å². The van der Waals surface area contributed by atoms with Crippen molar-refractivity contribution in [2.24, 2.45) is 7.05 Å². The predicted octanol–water partition coefficient (Wildman–Crippen LogP) is 2.46. The molecule has 0 aliphatic rings. The van der Waals surface area contributed by atoms with Gasteiger partial charge in [-0.05, 0) is 53.7 Å². The molecule has 1 unspecified atom stereocenters. The van der Waals surface area contributed by atoms with Crippen LogP contribution in [0.25, 0.3) is 0 Å². The van der Waals surface area contributed by atoms with Crippen molar-refractivity contribution < 1.29 is 4.74 Å². The first-order chi connectivity index (χ1) is 8.70. The molecule has 96 valence electrons. The molecule has 1 heterocycles. The fourth-order valence-electron chi connectivity index (χ4n) is 1.57. The van der Waals surface area contributed by atoms with E-state index in [9.17, 15) is 0 Å². The van der Waals surface area contributed by atoms with E-state index in [1.54, 1.807) is 16.4 Å². The minimum atomic E-state index is 0.130. The molecule has 0 aliphatic heterocycles. The van der Waals surface area contributed by atoms with Crippen LogP contribution in [0.4, 0.5) is 0 Å². The lowest BCUT2D eigenvalue weighted by Crippen LogP contribution is -1.99. The van der Waals surface area contributed by atoms with E-state index in [-0.39, 0.29) is 6.10 Å². The van der Waals surface area contributed by atoms with E-state index in [0.29, 0.717) is 0 Å². The smallest absolute Gasteiger partial charge is 0.213 e. The van der Waals surface area contributed by atoms with Crippen LogP contribution >= 0.6 is 11.8 Å². The lowest BCUT2D eigenvalue weighted by atomic mass is 10.1. The molecule has 2 aromatic rings. The van der Waals surface area contributed by atoms with Crippen LogP contribution in [0.2, 0.25) is 0 Å². The summed E-state index contributed by atoms with van der Waals surface area (Å²) in [6.07, 6.45) is 0.130. The number of tetrazole rings is 1. The fourth-order valence-corrected chi connectivity index (χ4v) is 2.30. The van der Waals surface area contributed by atoms with E-state index in [1.165, 1.54) is 5.56 Å². The van der Waals surface area contributed by atoms with E-state index in [4.69, 9.17) is 4.74 Å². The third-order valence-electron chi connectivity index (χ3n) is 2.56. The average Bonchev–Trinajstić information content (AvgIpc) is 2.76. The molecule has 0 saturated heterocycles. The summed E-state index contributed by atoms with van der Waals surface area (Å²) in [6.45, 7) is 4.78. The maximum Gasteiger partial charge on any atom is 0.213 e. The Morgan fingerprint density at radius 2 is 2.06 bits per heavy atom. The van der Waals surface area contributed by atoms with Gasteiger partial charge >= 0.3 is 0 Å². The Balaban J connectivity index is 2.06.